The van der Waals surface area contributed by atoms with E-state index >= 15 is 0 Å². The fourth-order valence-electron chi connectivity index (χ4n) is 3.82. The van der Waals surface area contributed by atoms with Gasteiger partial charge >= 0.3 is 0 Å². The number of ether oxygens (including phenoxy) is 2. The number of nitrogens with one attached hydrogen (secondary N) is 1. The summed E-state index contributed by atoms with van der Waals surface area (Å²) in [7, 11) is -4.28. The van der Waals surface area contributed by atoms with Crippen LogP contribution in [0.3, 0.4) is 0 Å². The normalized spacial score (nSPS) is 15.6. The molecule has 1 aliphatic heterocycles. The number of pyridine rings is 2. The highest BCUT2D eigenvalue weighted by molar-refractivity contribution is 7.90. The molecule has 1 atom stereocenters. The number of carbonyl (C=O) groups is 1. The van der Waals surface area contributed by atoms with E-state index in [-0.39, 0.29) is 22.3 Å². The van der Waals surface area contributed by atoms with Crippen LogP contribution in [0, 0.1) is 20.8 Å². The second-order valence-electron chi connectivity index (χ2n) is 8.26. The van der Waals surface area contributed by atoms with Gasteiger partial charge in [-0.05, 0) is 62.6 Å². The van der Waals surface area contributed by atoms with Gasteiger partial charge < -0.3 is 15.2 Å². The molecular formula is C25H26N4O5S. The zero-order valence-corrected chi connectivity index (χ0v) is 20.4. The average molecular weight is 495 g/mol. The van der Waals surface area contributed by atoms with Crippen molar-refractivity contribution in [3.63, 3.8) is 0 Å². The summed E-state index contributed by atoms with van der Waals surface area (Å²) in [6.07, 6.45) is 4.28. The van der Waals surface area contributed by atoms with Gasteiger partial charge in [0.2, 0.25) is 5.88 Å². The molecule has 10 heteroatoms. The number of nitrogens with zero attached hydrogens (tertiary/aromatic N) is 2. The fraction of sp³-hybridized carbons (Fsp3) is 0.240. The zero-order chi connectivity index (χ0) is 25.2. The van der Waals surface area contributed by atoms with Crippen LogP contribution in [-0.2, 0) is 14.8 Å². The Balaban J connectivity index is 1.73. The molecule has 0 bridgehead atoms. The molecular weight excluding hydrogens is 468 g/mol. The average Bonchev–Trinajstić information content (AvgIpc) is 2.81. The number of sulfonamides is 1. The van der Waals surface area contributed by atoms with Crippen molar-refractivity contribution in [3.8, 4) is 11.6 Å². The molecule has 1 unspecified atom stereocenters. The second kappa shape index (κ2) is 9.85. The number of nitrogens with two attached hydrogens (primary N) is 1. The first-order valence-corrected chi connectivity index (χ1v) is 12.5. The third kappa shape index (κ3) is 5.50. The summed E-state index contributed by atoms with van der Waals surface area (Å²) < 4.78 is 39.4. The van der Waals surface area contributed by atoms with Crippen LogP contribution in [0.4, 0.5) is 5.82 Å². The van der Waals surface area contributed by atoms with Crippen LogP contribution >= 0.6 is 0 Å². The third-order valence-electron chi connectivity index (χ3n) is 5.36. The summed E-state index contributed by atoms with van der Waals surface area (Å²) in [5, 5.41) is -0.371. The van der Waals surface area contributed by atoms with Gasteiger partial charge in [-0.1, -0.05) is 35.9 Å². The second-order valence-corrected chi connectivity index (χ2v) is 9.89. The highest BCUT2D eigenvalue weighted by Crippen LogP contribution is 2.33. The van der Waals surface area contributed by atoms with E-state index in [4.69, 9.17) is 15.2 Å². The smallest absolute Gasteiger partial charge is 0.281 e. The third-order valence-corrected chi connectivity index (χ3v) is 6.59. The maximum Gasteiger partial charge on any atom is 0.281 e. The minimum Gasteiger partial charge on any atom is -0.438 e. The summed E-state index contributed by atoms with van der Waals surface area (Å²) in [5.41, 5.74) is 8.85. The Morgan fingerprint density at radius 1 is 1.11 bits per heavy atom. The summed E-state index contributed by atoms with van der Waals surface area (Å²) in [6, 6.07) is 11.1. The first-order chi connectivity index (χ1) is 16.6. The Morgan fingerprint density at radius 3 is 2.51 bits per heavy atom. The standard InChI is InChI=1S/C25H26N4O5S/c1-15-13-16(2)23(17(3)14-15)34-25-18(10-11-19(27-25)20-7-4-5-12-33-20)24(30)29-35(31,32)22-9-6-8-21(26)28-22/h4,6-11,13-14,20H,5,12H2,1-3H3,(H2,26,28)(H,29,30). The molecule has 1 aromatic carbocycles. The van der Waals surface area contributed by atoms with Crippen LogP contribution in [0.5, 0.6) is 11.6 Å². The lowest BCUT2D eigenvalue weighted by atomic mass is 10.1. The lowest BCUT2D eigenvalue weighted by Gasteiger charge is -2.20. The molecule has 0 aliphatic carbocycles. The molecule has 4 rings (SSSR count). The van der Waals surface area contributed by atoms with Crippen molar-refractivity contribution in [1.82, 2.24) is 14.7 Å². The van der Waals surface area contributed by atoms with Crippen molar-refractivity contribution in [2.24, 2.45) is 0 Å². The number of rotatable bonds is 6. The SMILES string of the molecule is Cc1cc(C)c(Oc2nc(C3C=CCCO3)ccc2C(=O)NS(=O)(=O)c2cccc(N)n2)c(C)c1. The quantitative estimate of drug-likeness (QED) is 0.493. The van der Waals surface area contributed by atoms with Crippen molar-refractivity contribution in [2.45, 2.75) is 38.3 Å². The molecule has 0 radical (unpaired) electrons. The van der Waals surface area contributed by atoms with Crippen molar-refractivity contribution < 1.29 is 22.7 Å². The van der Waals surface area contributed by atoms with E-state index < -0.39 is 22.0 Å². The van der Waals surface area contributed by atoms with E-state index in [1.807, 2.05) is 49.8 Å². The van der Waals surface area contributed by atoms with Gasteiger partial charge in [0.15, 0.2) is 5.03 Å². The van der Waals surface area contributed by atoms with Crippen LogP contribution in [0.25, 0.3) is 0 Å². The Labute approximate surface area is 204 Å². The molecule has 3 N–H and O–H groups in total. The molecule has 0 saturated carbocycles. The first kappa shape index (κ1) is 24.4. The number of amides is 1. The van der Waals surface area contributed by atoms with E-state index in [1.165, 1.54) is 24.3 Å². The zero-order valence-electron chi connectivity index (χ0n) is 19.6. The molecule has 9 nitrogen and oxygen atoms in total. The molecule has 0 spiro atoms. The van der Waals surface area contributed by atoms with Crippen LogP contribution < -0.4 is 15.2 Å². The van der Waals surface area contributed by atoms with Crippen molar-refractivity contribution in [3.05, 3.63) is 82.6 Å². The van der Waals surface area contributed by atoms with Gasteiger partial charge in [0.05, 0.1) is 12.3 Å². The molecule has 1 aliphatic rings. The number of hydrogen-bond donors (Lipinski definition) is 2. The Hall–Kier alpha value is -3.76. The van der Waals surface area contributed by atoms with Crippen molar-refractivity contribution >= 4 is 21.7 Å². The fourth-order valence-corrected chi connectivity index (χ4v) is 4.76. The van der Waals surface area contributed by atoms with Crippen LogP contribution in [-0.4, -0.2) is 30.9 Å². The molecule has 3 heterocycles. The topological polar surface area (TPSA) is 134 Å². The number of anilines is 1. The number of benzene rings is 1. The maximum absolute atomic E-state index is 13.1. The van der Waals surface area contributed by atoms with Gasteiger partial charge in [-0.3, -0.25) is 4.79 Å². The number of aryl methyl sites for hydroxylation is 3. The van der Waals surface area contributed by atoms with Crippen LogP contribution in [0.2, 0.25) is 0 Å². The van der Waals surface area contributed by atoms with E-state index in [2.05, 4.69) is 9.97 Å². The van der Waals surface area contributed by atoms with Crippen LogP contribution in [0.15, 0.2) is 59.6 Å². The van der Waals surface area contributed by atoms with E-state index in [1.54, 1.807) is 6.07 Å². The Bertz CT molecular complexity index is 1400. The lowest BCUT2D eigenvalue weighted by Crippen LogP contribution is -2.31. The van der Waals surface area contributed by atoms with Gasteiger partial charge in [-0.25, -0.2) is 14.7 Å². The number of aromatic nitrogens is 2. The van der Waals surface area contributed by atoms with E-state index in [0.717, 1.165) is 23.1 Å². The summed E-state index contributed by atoms with van der Waals surface area (Å²) in [6.45, 7) is 6.30. The van der Waals surface area contributed by atoms with E-state index in [9.17, 15) is 13.2 Å². The number of hydrogen-bond acceptors (Lipinski definition) is 8. The van der Waals surface area contributed by atoms with Crippen molar-refractivity contribution in [2.75, 3.05) is 12.3 Å². The maximum atomic E-state index is 13.1. The monoisotopic (exact) mass is 494 g/mol. The molecule has 2 aromatic heterocycles. The number of carbonyl (C=O) groups excluding carboxylic acids is 1. The van der Waals surface area contributed by atoms with Crippen molar-refractivity contribution in [1.29, 1.82) is 0 Å². The highest BCUT2D eigenvalue weighted by atomic mass is 32.2. The molecule has 0 saturated heterocycles. The molecule has 35 heavy (non-hydrogen) atoms. The highest BCUT2D eigenvalue weighted by Gasteiger charge is 2.26. The largest absolute Gasteiger partial charge is 0.438 e. The van der Waals surface area contributed by atoms with Gasteiger partial charge in [-0.2, -0.15) is 8.42 Å². The molecule has 182 valence electrons. The predicted molar refractivity (Wildman–Crippen MR) is 131 cm³/mol. The van der Waals surface area contributed by atoms with Crippen LogP contribution in [0.1, 0.15) is 45.3 Å². The summed E-state index contributed by atoms with van der Waals surface area (Å²) >= 11 is 0. The lowest BCUT2D eigenvalue weighted by molar-refractivity contribution is 0.0768. The Kier molecular flexibility index (Phi) is 6.86. The molecule has 1 amide bonds. The minimum absolute atomic E-state index is 0.0150. The van der Waals surface area contributed by atoms with Gasteiger partial charge in [0, 0.05) is 0 Å². The van der Waals surface area contributed by atoms with Gasteiger partial charge in [0.1, 0.15) is 23.2 Å². The van der Waals surface area contributed by atoms with E-state index in [0.29, 0.717) is 18.1 Å². The predicted octanol–water partition coefficient (Wildman–Crippen LogP) is 3.91. The summed E-state index contributed by atoms with van der Waals surface area (Å²) in [5.74, 6) is -0.393. The minimum atomic E-state index is -4.28. The summed E-state index contributed by atoms with van der Waals surface area (Å²) in [4.78, 5) is 21.5. The molecule has 0 fully saturated rings. The number of nitrogen functional groups attached to an aromatic ring is 1. The van der Waals surface area contributed by atoms with Gasteiger partial charge in [0.25, 0.3) is 15.9 Å². The molecule has 3 aromatic rings. The van der Waals surface area contributed by atoms with Gasteiger partial charge in [-0.15, -0.1) is 0 Å². The Morgan fingerprint density at radius 2 is 1.86 bits per heavy atom. The first-order valence-electron chi connectivity index (χ1n) is 11.0.